The first-order chi connectivity index (χ1) is 15.2. The molecule has 7 heteroatoms. The van der Waals surface area contributed by atoms with Gasteiger partial charge in [-0.15, -0.1) is 0 Å². The molecule has 0 aliphatic carbocycles. The summed E-state index contributed by atoms with van der Waals surface area (Å²) in [7, 11) is 0. The Morgan fingerprint density at radius 2 is 1.52 bits per heavy atom. The third kappa shape index (κ3) is 3.11. The lowest BCUT2D eigenvalue weighted by Crippen LogP contribution is -2.32. The second-order valence-electron chi connectivity index (χ2n) is 7.48. The van der Waals surface area contributed by atoms with Crippen molar-refractivity contribution in [3.63, 3.8) is 0 Å². The first kappa shape index (κ1) is 18.8. The number of aromatic nitrogens is 3. The predicted octanol–water partition coefficient (Wildman–Crippen LogP) is 6.36. The number of halogens is 2. The number of ether oxygens (including phenoxy) is 1. The lowest BCUT2D eigenvalue weighted by atomic mass is 9.85. The van der Waals surface area contributed by atoms with Crippen LogP contribution < -0.4 is 10.1 Å². The van der Waals surface area contributed by atoms with Gasteiger partial charge in [-0.1, -0.05) is 68.3 Å². The van der Waals surface area contributed by atoms with Gasteiger partial charge in [0.1, 0.15) is 24.2 Å². The fourth-order valence-corrected chi connectivity index (χ4v) is 4.82. The molecular formula is C24H16Br2N4O. The van der Waals surface area contributed by atoms with Crippen molar-refractivity contribution in [1.29, 1.82) is 0 Å². The number of hydrogen-bond acceptors (Lipinski definition) is 4. The van der Waals surface area contributed by atoms with Crippen LogP contribution in [0.2, 0.25) is 0 Å². The minimum absolute atomic E-state index is 0.149. The smallest absolute Gasteiger partial charge is 0.226 e. The van der Waals surface area contributed by atoms with Crippen molar-refractivity contribution in [1.82, 2.24) is 14.8 Å². The summed E-state index contributed by atoms with van der Waals surface area (Å²) in [5.41, 5.74) is 5.37. The molecule has 2 aliphatic rings. The fraction of sp³-hybridized carbons (Fsp3) is 0.0833. The maximum absolute atomic E-state index is 6.61. The molecule has 152 valence electrons. The number of nitrogens with one attached hydrogen (secondary N) is 1. The second-order valence-corrected chi connectivity index (χ2v) is 9.31. The Labute approximate surface area is 196 Å². The molecule has 0 saturated carbocycles. The Hall–Kier alpha value is -2.90. The van der Waals surface area contributed by atoms with Crippen LogP contribution in [0.25, 0.3) is 5.70 Å². The standard InChI is InChI=1S/C24H16Br2N4O/c25-16-9-5-14(6-10-16)22-20-21(29-24-27-13-28-30(22)24)18-3-1-2-4-19(18)31-23(20)15-7-11-17(26)12-8-15/h1-13,22-23H,(H,27,28,29)/t22-,23-/m1/s1. The first-order valence-corrected chi connectivity index (χ1v) is 11.5. The molecule has 0 spiro atoms. The molecule has 4 aromatic rings. The van der Waals surface area contributed by atoms with Crippen LogP contribution in [0.1, 0.15) is 28.8 Å². The van der Waals surface area contributed by atoms with Gasteiger partial charge in [0.2, 0.25) is 5.95 Å². The van der Waals surface area contributed by atoms with E-state index in [0.717, 1.165) is 48.6 Å². The first-order valence-electron chi connectivity index (χ1n) is 9.86. The van der Waals surface area contributed by atoms with Crippen molar-refractivity contribution in [3.8, 4) is 5.75 Å². The second kappa shape index (κ2) is 7.35. The molecule has 0 unspecified atom stereocenters. The van der Waals surface area contributed by atoms with Crippen LogP contribution in [0, 0.1) is 0 Å². The monoisotopic (exact) mass is 534 g/mol. The van der Waals surface area contributed by atoms with Gasteiger partial charge in [-0.05, 0) is 47.5 Å². The van der Waals surface area contributed by atoms with Crippen molar-refractivity contribution in [2.75, 3.05) is 5.32 Å². The largest absolute Gasteiger partial charge is 0.480 e. The topological polar surface area (TPSA) is 52.0 Å². The summed E-state index contributed by atoms with van der Waals surface area (Å²) in [6, 6.07) is 24.6. The van der Waals surface area contributed by atoms with Crippen LogP contribution in [-0.4, -0.2) is 14.8 Å². The van der Waals surface area contributed by atoms with Crippen molar-refractivity contribution in [2.45, 2.75) is 12.1 Å². The molecular weight excluding hydrogens is 520 g/mol. The third-order valence-corrected chi connectivity index (χ3v) is 6.74. The fourth-order valence-electron chi connectivity index (χ4n) is 4.30. The number of benzene rings is 3. The molecule has 0 radical (unpaired) electrons. The molecule has 6 rings (SSSR count). The van der Waals surface area contributed by atoms with Crippen molar-refractivity contribution >= 4 is 43.5 Å². The molecule has 0 amide bonds. The molecule has 0 saturated heterocycles. The van der Waals surface area contributed by atoms with E-state index in [-0.39, 0.29) is 12.1 Å². The number of anilines is 1. The summed E-state index contributed by atoms with van der Waals surface area (Å²) in [5, 5.41) is 8.09. The zero-order chi connectivity index (χ0) is 20.9. The molecule has 2 aliphatic heterocycles. The van der Waals surface area contributed by atoms with Gasteiger partial charge in [-0.2, -0.15) is 10.1 Å². The van der Waals surface area contributed by atoms with Gasteiger partial charge in [0.15, 0.2) is 0 Å². The zero-order valence-electron chi connectivity index (χ0n) is 16.2. The molecule has 0 bridgehead atoms. The Morgan fingerprint density at radius 1 is 0.839 bits per heavy atom. The number of rotatable bonds is 2. The number of para-hydroxylation sites is 1. The van der Waals surface area contributed by atoms with Crippen LogP contribution >= 0.6 is 31.9 Å². The molecule has 0 fully saturated rings. The average Bonchev–Trinajstić information content (AvgIpc) is 3.27. The Balaban J connectivity index is 1.62. The van der Waals surface area contributed by atoms with Gasteiger partial charge in [0.25, 0.3) is 0 Å². The highest BCUT2D eigenvalue weighted by Crippen LogP contribution is 2.50. The van der Waals surface area contributed by atoms with Crippen LogP contribution in [0.5, 0.6) is 5.75 Å². The Bertz CT molecular complexity index is 1310. The summed E-state index contributed by atoms with van der Waals surface area (Å²) in [6.45, 7) is 0. The van der Waals surface area contributed by atoms with E-state index in [4.69, 9.17) is 4.74 Å². The van der Waals surface area contributed by atoms with Gasteiger partial charge < -0.3 is 10.1 Å². The molecule has 1 N–H and O–H groups in total. The van der Waals surface area contributed by atoms with Gasteiger partial charge in [-0.3, -0.25) is 0 Å². The van der Waals surface area contributed by atoms with Crippen LogP contribution in [0.3, 0.4) is 0 Å². The van der Waals surface area contributed by atoms with E-state index in [1.165, 1.54) is 0 Å². The normalized spacial score (nSPS) is 19.0. The highest BCUT2D eigenvalue weighted by molar-refractivity contribution is 9.10. The van der Waals surface area contributed by atoms with Crippen LogP contribution in [0.4, 0.5) is 5.95 Å². The third-order valence-electron chi connectivity index (χ3n) is 5.68. The summed E-state index contributed by atoms with van der Waals surface area (Å²) >= 11 is 7.09. The Kier molecular flexibility index (Phi) is 4.47. The van der Waals surface area contributed by atoms with Crippen molar-refractivity contribution in [2.24, 2.45) is 0 Å². The summed E-state index contributed by atoms with van der Waals surface area (Å²) in [6.07, 6.45) is 1.32. The molecule has 2 atom stereocenters. The van der Waals surface area contributed by atoms with Crippen molar-refractivity contribution in [3.05, 3.63) is 110 Å². The molecule has 31 heavy (non-hydrogen) atoms. The zero-order valence-corrected chi connectivity index (χ0v) is 19.3. The number of hydrogen-bond donors (Lipinski definition) is 1. The van der Waals surface area contributed by atoms with Gasteiger partial charge in [0.05, 0.1) is 5.70 Å². The van der Waals surface area contributed by atoms with Crippen LogP contribution in [-0.2, 0) is 0 Å². The predicted molar refractivity (Wildman–Crippen MR) is 127 cm³/mol. The van der Waals surface area contributed by atoms with Crippen LogP contribution in [0.15, 0.2) is 93.6 Å². The van der Waals surface area contributed by atoms with Gasteiger partial charge >= 0.3 is 0 Å². The van der Waals surface area contributed by atoms with E-state index in [2.05, 4.69) is 89.7 Å². The SMILES string of the molecule is Brc1ccc([C@H]2Oc3ccccc3C3=C2[C@@H](c2ccc(Br)cc2)n2ncnc2N3)cc1. The minimum atomic E-state index is -0.267. The van der Waals surface area contributed by atoms with E-state index >= 15 is 0 Å². The van der Waals surface area contributed by atoms with E-state index < -0.39 is 0 Å². The summed E-state index contributed by atoms with van der Waals surface area (Å²) in [4.78, 5) is 4.47. The van der Waals surface area contributed by atoms with Crippen molar-refractivity contribution < 1.29 is 4.74 Å². The quantitative estimate of drug-likeness (QED) is 0.324. The van der Waals surface area contributed by atoms with E-state index in [9.17, 15) is 0 Å². The highest BCUT2D eigenvalue weighted by Gasteiger charge is 2.40. The minimum Gasteiger partial charge on any atom is -0.480 e. The molecule has 3 heterocycles. The Morgan fingerprint density at radius 3 is 2.26 bits per heavy atom. The van der Waals surface area contributed by atoms with E-state index in [1.54, 1.807) is 6.33 Å². The summed E-state index contributed by atoms with van der Waals surface area (Å²) < 4.78 is 10.6. The lowest BCUT2D eigenvalue weighted by Gasteiger charge is -2.39. The van der Waals surface area contributed by atoms with E-state index in [1.807, 2.05) is 35.0 Å². The maximum Gasteiger partial charge on any atom is 0.226 e. The van der Waals surface area contributed by atoms with E-state index in [0.29, 0.717) is 0 Å². The number of fused-ring (bicyclic) bond motifs is 3. The molecule has 1 aromatic heterocycles. The molecule has 5 nitrogen and oxygen atoms in total. The van der Waals surface area contributed by atoms with Gasteiger partial charge in [-0.25, -0.2) is 4.68 Å². The molecule has 3 aromatic carbocycles. The average molecular weight is 536 g/mol. The number of nitrogens with zero attached hydrogens (tertiary/aromatic N) is 3. The maximum atomic E-state index is 6.61. The summed E-state index contributed by atoms with van der Waals surface area (Å²) in [5.74, 6) is 1.57. The highest BCUT2D eigenvalue weighted by atomic mass is 79.9. The van der Waals surface area contributed by atoms with Gasteiger partial charge in [0, 0.05) is 20.1 Å². The lowest BCUT2D eigenvalue weighted by molar-refractivity contribution is 0.223.